The molecule has 2 heterocycles. The zero-order chi connectivity index (χ0) is 19.4. The zero-order valence-electron chi connectivity index (χ0n) is 15.4. The number of nitrogens with one attached hydrogen (secondary N) is 2. The lowest BCUT2D eigenvalue weighted by Gasteiger charge is -2.23. The molecular formula is C20H23N3O3S. The maximum absolute atomic E-state index is 12.7. The van der Waals surface area contributed by atoms with E-state index in [4.69, 9.17) is 0 Å². The number of benzene rings is 1. The van der Waals surface area contributed by atoms with Gasteiger partial charge < -0.3 is 10.6 Å². The van der Waals surface area contributed by atoms with Crippen LogP contribution in [0.1, 0.15) is 43.2 Å². The summed E-state index contributed by atoms with van der Waals surface area (Å²) in [7, 11) is 0. The van der Waals surface area contributed by atoms with E-state index in [1.54, 1.807) is 11.3 Å². The van der Waals surface area contributed by atoms with Crippen LogP contribution < -0.4 is 10.6 Å². The van der Waals surface area contributed by atoms with Gasteiger partial charge in [-0.3, -0.25) is 14.5 Å². The van der Waals surface area contributed by atoms with Crippen LogP contribution in [0.4, 0.5) is 4.79 Å². The molecule has 4 amide bonds. The topological polar surface area (TPSA) is 78.5 Å². The van der Waals surface area contributed by atoms with Crippen molar-refractivity contribution in [2.75, 3.05) is 6.54 Å². The van der Waals surface area contributed by atoms with Crippen molar-refractivity contribution < 1.29 is 14.4 Å². The van der Waals surface area contributed by atoms with E-state index >= 15 is 0 Å². The Hall–Kier alpha value is -2.67. The molecule has 0 radical (unpaired) electrons. The molecule has 27 heavy (non-hydrogen) atoms. The fraction of sp³-hybridized carbons (Fsp3) is 0.350. The van der Waals surface area contributed by atoms with Gasteiger partial charge in [-0.1, -0.05) is 50.2 Å². The standard InChI is InChI=1S/C20H23N3O3S/c1-3-20(4-2)18(25)23(19(26)22-20)13-16(24)21-17(15-11-8-12-27-15)14-9-6-5-7-10-14/h5-12,17H,3-4,13H2,1-2H3,(H,21,24)(H,22,26). The minimum absolute atomic E-state index is 0.291. The van der Waals surface area contributed by atoms with Gasteiger partial charge in [0.15, 0.2) is 0 Å². The summed E-state index contributed by atoms with van der Waals surface area (Å²) in [5, 5.41) is 7.66. The monoisotopic (exact) mass is 385 g/mol. The van der Waals surface area contributed by atoms with Crippen LogP contribution in [-0.4, -0.2) is 34.8 Å². The molecule has 2 N–H and O–H groups in total. The van der Waals surface area contributed by atoms with Gasteiger partial charge in [0.1, 0.15) is 12.1 Å². The number of hydrogen-bond acceptors (Lipinski definition) is 4. The number of hydrogen-bond donors (Lipinski definition) is 2. The number of carbonyl (C=O) groups excluding carboxylic acids is 3. The van der Waals surface area contributed by atoms with Crippen LogP contribution in [0.5, 0.6) is 0 Å². The second-order valence-corrected chi connectivity index (χ2v) is 7.52. The minimum atomic E-state index is -0.899. The molecule has 1 aromatic carbocycles. The predicted molar refractivity (Wildman–Crippen MR) is 104 cm³/mol. The van der Waals surface area contributed by atoms with Gasteiger partial charge in [0.25, 0.3) is 5.91 Å². The molecule has 0 aliphatic carbocycles. The smallest absolute Gasteiger partial charge is 0.325 e. The molecule has 0 spiro atoms. The fourth-order valence-electron chi connectivity index (χ4n) is 3.32. The molecule has 1 saturated heterocycles. The van der Waals surface area contributed by atoms with E-state index in [2.05, 4.69) is 10.6 Å². The molecule has 7 heteroatoms. The molecule has 1 unspecified atom stereocenters. The number of imide groups is 1. The van der Waals surface area contributed by atoms with Crippen molar-refractivity contribution in [3.63, 3.8) is 0 Å². The molecule has 0 saturated carbocycles. The van der Waals surface area contributed by atoms with E-state index in [1.165, 1.54) is 0 Å². The van der Waals surface area contributed by atoms with Gasteiger partial charge in [-0.25, -0.2) is 4.79 Å². The van der Waals surface area contributed by atoms with Gasteiger partial charge in [-0.15, -0.1) is 11.3 Å². The van der Waals surface area contributed by atoms with Crippen LogP contribution in [0.3, 0.4) is 0 Å². The number of nitrogens with zero attached hydrogens (tertiary/aromatic N) is 1. The van der Waals surface area contributed by atoms with E-state index in [-0.39, 0.29) is 24.4 Å². The molecule has 142 valence electrons. The van der Waals surface area contributed by atoms with E-state index in [9.17, 15) is 14.4 Å². The average Bonchev–Trinajstić information content (AvgIpc) is 3.30. The van der Waals surface area contributed by atoms with Gasteiger partial charge >= 0.3 is 6.03 Å². The quantitative estimate of drug-likeness (QED) is 0.719. The fourth-order valence-corrected chi connectivity index (χ4v) is 4.12. The van der Waals surface area contributed by atoms with Crippen LogP contribution in [0.25, 0.3) is 0 Å². The molecule has 2 aromatic rings. The van der Waals surface area contributed by atoms with Crippen LogP contribution in [-0.2, 0) is 9.59 Å². The summed E-state index contributed by atoms with van der Waals surface area (Å²) in [5.74, 6) is -0.705. The van der Waals surface area contributed by atoms with Crippen LogP contribution >= 0.6 is 11.3 Å². The molecule has 1 atom stereocenters. The molecule has 1 aliphatic heterocycles. The van der Waals surface area contributed by atoms with Crippen molar-refractivity contribution in [1.82, 2.24) is 15.5 Å². The predicted octanol–water partition coefficient (Wildman–Crippen LogP) is 3.06. The first kappa shape index (κ1) is 19.1. The first-order chi connectivity index (χ1) is 13.0. The van der Waals surface area contributed by atoms with E-state index in [1.807, 2.05) is 61.7 Å². The Morgan fingerprint density at radius 3 is 2.41 bits per heavy atom. The summed E-state index contributed by atoms with van der Waals surface area (Å²) in [6, 6.07) is 12.7. The summed E-state index contributed by atoms with van der Waals surface area (Å²) in [6.07, 6.45) is 0.988. The lowest BCUT2D eigenvalue weighted by atomic mass is 9.93. The number of amides is 4. The summed E-state index contributed by atoms with van der Waals surface area (Å²) in [4.78, 5) is 39.6. The van der Waals surface area contributed by atoms with Crippen molar-refractivity contribution in [3.8, 4) is 0 Å². The summed E-state index contributed by atoms with van der Waals surface area (Å²) >= 11 is 1.54. The number of urea groups is 1. The minimum Gasteiger partial charge on any atom is -0.343 e. The summed E-state index contributed by atoms with van der Waals surface area (Å²) in [5.41, 5.74) is 0.0474. The normalized spacial score (nSPS) is 16.9. The third-order valence-corrected chi connectivity index (χ3v) is 5.96. The van der Waals surface area contributed by atoms with E-state index < -0.39 is 11.6 Å². The highest BCUT2D eigenvalue weighted by Gasteiger charge is 2.49. The highest BCUT2D eigenvalue weighted by molar-refractivity contribution is 7.10. The van der Waals surface area contributed by atoms with Crippen molar-refractivity contribution in [1.29, 1.82) is 0 Å². The van der Waals surface area contributed by atoms with Gasteiger partial charge in [0, 0.05) is 4.88 Å². The van der Waals surface area contributed by atoms with Crippen molar-refractivity contribution >= 4 is 29.2 Å². The van der Waals surface area contributed by atoms with Gasteiger partial charge in [0.05, 0.1) is 6.04 Å². The van der Waals surface area contributed by atoms with Crippen LogP contribution in [0.2, 0.25) is 0 Å². The number of carbonyl (C=O) groups is 3. The maximum Gasteiger partial charge on any atom is 0.325 e. The van der Waals surface area contributed by atoms with Crippen molar-refractivity contribution in [2.24, 2.45) is 0 Å². The molecule has 1 aliphatic rings. The zero-order valence-corrected chi connectivity index (χ0v) is 16.2. The maximum atomic E-state index is 12.7. The lowest BCUT2D eigenvalue weighted by Crippen LogP contribution is -2.46. The largest absolute Gasteiger partial charge is 0.343 e. The molecule has 3 rings (SSSR count). The van der Waals surface area contributed by atoms with E-state index in [0.29, 0.717) is 12.8 Å². The Morgan fingerprint density at radius 1 is 1.15 bits per heavy atom. The van der Waals surface area contributed by atoms with Crippen LogP contribution in [0, 0.1) is 0 Å². The first-order valence-corrected chi connectivity index (χ1v) is 9.90. The van der Waals surface area contributed by atoms with Gasteiger partial charge in [0.2, 0.25) is 5.91 Å². The number of thiophene rings is 1. The SMILES string of the molecule is CCC1(CC)NC(=O)N(CC(=O)NC(c2ccccc2)c2cccs2)C1=O. The molecular weight excluding hydrogens is 362 g/mol. The third-order valence-electron chi connectivity index (χ3n) is 5.02. The number of rotatable bonds is 7. The van der Waals surface area contributed by atoms with E-state index in [0.717, 1.165) is 15.3 Å². The van der Waals surface area contributed by atoms with Crippen molar-refractivity contribution in [2.45, 2.75) is 38.3 Å². The molecule has 1 aromatic heterocycles. The van der Waals surface area contributed by atoms with Gasteiger partial charge in [-0.2, -0.15) is 0 Å². The Labute approximate surface area is 162 Å². The molecule has 0 bridgehead atoms. The average molecular weight is 385 g/mol. The summed E-state index contributed by atoms with van der Waals surface area (Å²) < 4.78 is 0. The van der Waals surface area contributed by atoms with Gasteiger partial charge in [-0.05, 0) is 29.9 Å². The Balaban J connectivity index is 1.76. The molecule has 6 nitrogen and oxygen atoms in total. The Bertz CT molecular complexity index is 816. The van der Waals surface area contributed by atoms with Crippen molar-refractivity contribution in [3.05, 3.63) is 58.3 Å². The second kappa shape index (κ2) is 7.92. The van der Waals surface area contributed by atoms with Crippen LogP contribution in [0.15, 0.2) is 47.8 Å². The summed E-state index contributed by atoms with van der Waals surface area (Å²) in [6.45, 7) is 3.42. The molecule has 1 fully saturated rings. The second-order valence-electron chi connectivity index (χ2n) is 6.54. The lowest BCUT2D eigenvalue weighted by molar-refractivity contribution is -0.135. The highest BCUT2D eigenvalue weighted by atomic mass is 32.1. The Kier molecular flexibility index (Phi) is 5.60. The third kappa shape index (κ3) is 3.73. The Morgan fingerprint density at radius 2 is 1.85 bits per heavy atom. The highest BCUT2D eigenvalue weighted by Crippen LogP contribution is 2.27. The first-order valence-electron chi connectivity index (χ1n) is 9.02.